The van der Waals surface area contributed by atoms with Gasteiger partial charge in [0.2, 0.25) is 0 Å². The second kappa shape index (κ2) is 4.72. The van der Waals surface area contributed by atoms with Gasteiger partial charge in [0.1, 0.15) is 0 Å². The van der Waals surface area contributed by atoms with Crippen LogP contribution >= 0.6 is 27.3 Å². The van der Waals surface area contributed by atoms with Gasteiger partial charge in [-0.2, -0.15) is 0 Å². The summed E-state index contributed by atoms with van der Waals surface area (Å²) in [5.41, 5.74) is 2.57. The molecule has 0 spiro atoms. The monoisotopic (exact) mass is 338 g/mol. The standard InChI is InChI=1S/C18H11BrS/c19-13-6-3-5-12(11-13)14-8-4-9-16-15-7-1-2-10-17(15)20-18(14)16/h1-11H. The van der Waals surface area contributed by atoms with E-state index in [2.05, 4.69) is 82.7 Å². The molecule has 4 rings (SSSR count). The molecule has 0 N–H and O–H groups in total. The Morgan fingerprint density at radius 2 is 1.55 bits per heavy atom. The van der Waals surface area contributed by atoms with Crippen molar-refractivity contribution < 1.29 is 0 Å². The minimum absolute atomic E-state index is 1.12. The Kier molecular flexibility index (Phi) is 2.86. The lowest BCUT2D eigenvalue weighted by Crippen LogP contribution is -1.77. The second-order valence-corrected chi connectivity index (χ2v) is 6.76. The number of fused-ring (bicyclic) bond motifs is 3. The molecule has 0 fully saturated rings. The Hall–Kier alpha value is -1.64. The molecule has 0 atom stereocenters. The highest BCUT2D eigenvalue weighted by molar-refractivity contribution is 9.10. The average molecular weight is 339 g/mol. The van der Waals surface area contributed by atoms with Gasteiger partial charge < -0.3 is 0 Å². The first-order valence-corrected chi connectivity index (χ1v) is 8.10. The Labute approximate surface area is 129 Å². The largest absolute Gasteiger partial charge is 0.135 e. The van der Waals surface area contributed by atoms with Crippen LogP contribution in [-0.2, 0) is 0 Å². The molecule has 0 aliphatic rings. The van der Waals surface area contributed by atoms with Gasteiger partial charge in [0.05, 0.1) is 0 Å². The summed E-state index contributed by atoms with van der Waals surface area (Å²) in [7, 11) is 0. The fourth-order valence-corrected chi connectivity index (χ4v) is 4.27. The fourth-order valence-electron chi connectivity index (χ4n) is 2.63. The van der Waals surface area contributed by atoms with Crippen molar-refractivity contribution in [3.8, 4) is 11.1 Å². The van der Waals surface area contributed by atoms with E-state index >= 15 is 0 Å². The molecule has 96 valence electrons. The van der Waals surface area contributed by atoms with Crippen LogP contribution in [-0.4, -0.2) is 0 Å². The molecule has 0 aliphatic carbocycles. The van der Waals surface area contributed by atoms with E-state index in [0.717, 1.165) is 4.47 Å². The lowest BCUT2D eigenvalue weighted by atomic mass is 10.0. The van der Waals surface area contributed by atoms with Gasteiger partial charge in [0.15, 0.2) is 0 Å². The van der Waals surface area contributed by atoms with E-state index in [0.29, 0.717) is 0 Å². The van der Waals surface area contributed by atoms with E-state index in [9.17, 15) is 0 Å². The van der Waals surface area contributed by atoms with Crippen LogP contribution in [0.25, 0.3) is 31.3 Å². The zero-order valence-corrected chi connectivity index (χ0v) is 13.0. The quantitative estimate of drug-likeness (QED) is 0.372. The zero-order valence-electron chi connectivity index (χ0n) is 10.6. The zero-order chi connectivity index (χ0) is 13.5. The summed E-state index contributed by atoms with van der Waals surface area (Å²) in [5.74, 6) is 0. The van der Waals surface area contributed by atoms with Crippen LogP contribution in [0.4, 0.5) is 0 Å². The van der Waals surface area contributed by atoms with E-state index in [1.54, 1.807) is 0 Å². The SMILES string of the molecule is Brc1cccc(-c2cccc3c2sc2ccccc23)c1. The number of hydrogen-bond acceptors (Lipinski definition) is 1. The molecule has 0 saturated heterocycles. The molecule has 20 heavy (non-hydrogen) atoms. The van der Waals surface area contributed by atoms with Gasteiger partial charge in [-0.15, -0.1) is 11.3 Å². The molecular formula is C18H11BrS. The van der Waals surface area contributed by atoms with Crippen molar-refractivity contribution in [2.45, 2.75) is 0 Å². The first-order valence-electron chi connectivity index (χ1n) is 6.49. The van der Waals surface area contributed by atoms with Crippen molar-refractivity contribution in [1.29, 1.82) is 0 Å². The minimum atomic E-state index is 1.12. The predicted octanol–water partition coefficient (Wildman–Crippen LogP) is 6.48. The van der Waals surface area contributed by atoms with E-state index in [4.69, 9.17) is 0 Å². The minimum Gasteiger partial charge on any atom is -0.135 e. The Morgan fingerprint density at radius 1 is 0.750 bits per heavy atom. The van der Waals surface area contributed by atoms with Crippen molar-refractivity contribution in [2.75, 3.05) is 0 Å². The third-order valence-electron chi connectivity index (χ3n) is 3.54. The maximum absolute atomic E-state index is 3.56. The van der Waals surface area contributed by atoms with E-state index in [1.165, 1.54) is 31.3 Å². The van der Waals surface area contributed by atoms with Crippen LogP contribution in [0.15, 0.2) is 71.2 Å². The van der Waals surface area contributed by atoms with Crippen LogP contribution < -0.4 is 0 Å². The summed E-state index contributed by atoms with van der Waals surface area (Å²) in [5, 5.41) is 2.70. The maximum atomic E-state index is 3.56. The van der Waals surface area contributed by atoms with Crippen molar-refractivity contribution in [1.82, 2.24) is 0 Å². The van der Waals surface area contributed by atoms with Gasteiger partial charge in [-0.3, -0.25) is 0 Å². The van der Waals surface area contributed by atoms with Gasteiger partial charge in [0, 0.05) is 24.6 Å². The molecule has 0 unspecified atom stereocenters. The van der Waals surface area contributed by atoms with Gasteiger partial charge in [-0.25, -0.2) is 0 Å². The third-order valence-corrected chi connectivity index (χ3v) is 5.25. The number of halogens is 1. The number of hydrogen-bond donors (Lipinski definition) is 0. The molecule has 0 amide bonds. The van der Waals surface area contributed by atoms with Crippen LogP contribution in [0, 0.1) is 0 Å². The smallest absolute Gasteiger partial charge is 0.0433 e. The molecule has 0 radical (unpaired) electrons. The molecule has 0 aliphatic heterocycles. The van der Waals surface area contributed by atoms with E-state index < -0.39 is 0 Å². The van der Waals surface area contributed by atoms with Gasteiger partial charge >= 0.3 is 0 Å². The van der Waals surface area contributed by atoms with Crippen molar-refractivity contribution in [2.24, 2.45) is 0 Å². The Bertz CT molecular complexity index is 921. The average Bonchev–Trinajstić information content (AvgIpc) is 2.86. The summed E-state index contributed by atoms with van der Waals surface area (Å²) in [6.07, 6.45) is 0. The topological polar surface area (TPSA) is 0 Å². The number of thiophene rings is 1. The van der Waals surface area contributed by atoms with Crippen LogP contribution in [0.5, 0.6) is 0 Å². The molecule has 1 heterocycles. The lowest BCUT2D eigenvalue weighted by molar-refractivity contribution is 1.63. The highest BCUT2D eigenvalue weighted by Gasteiger charge is 2.09. The summed E-state index contributed by atoms with van der Waals surface area (Å²) >= 11 is 5.44. The van der Waals surface area contributed by atoms with Crippen LogP contribution in [0.3, 0.4) is 0 Å². The van der Waals surface area contributed by atoms with Gasteiger partial charge in [-0.1, -0.05) is 64.5 Å². The van der Waals surface area contributed by atoms with E-state index in [1.807, 2.05) is 11.3 Å². The van der Waals surface area contributed by atoms with Gasteiger partial charge in [-0.05, 0) is 29.3 Å². The molecule has 1 aromatic heterocycles. The highest BCUT2D eigenvalue weighted by atomic mass is 79.9. The fraction of sp³-hybridized carbons (Fsp3) is 0. The maximum Gasteiger partial charge on any atom is 0.0433 e. The lowest BCUT2D eigenvalue weighted by Gasteiger charge is -2.04. The molecule has 2 heteroatoms. The molecular weight excluding hydrogens is 328 g/mol. The summed E-state index contributed by atoms with van der Waals surface area (Å²) in [6.45, 7) is 0. The normalized spacial score (nSPS) is 11.2. The molecule has 0 saturated carbocycles. The number of rotatable bonds is 1. The molecule has 3 aromatic carbocycles. The summed E-state index contributed by atoms with van der Waals surface area (Å²) in [4.78, 5) is 0. The Morgan fingerprint density at radius 3 is 2.45 bits per heavy atom. The molecule has 0 bridgehead atoms. The molecule has 0 nitrogen and oxygen atoms in total. The van der Waals surface area contributed by atoms with Crippen molar-refractivity contribution >= 4 is 47.4 Å². The number of benzene rings is 3. The van der Waals surface area contributed by atoms with Crippen LogP contribution in [0.1, 0.15) is 0 Å². The first-order chi connectivity index (χ1) is 9.83. The van der Waals surface area contributed by atoms with Crippen LogP contribution in [0.2, 0.25) is 0 Å². The van der Waals surface area contributed by atoms with E-state index in [-0.39, 0.29) is 0 Å². The van der Waals surface area contributed by atoms with Crippen molar-refractivity contribution in [3.63, 3.8) is 0 Å². The summed E-state index contributed by atoms with van der Waals surface area (Å²) < 4.78 is 3.84. The van der Waals surface area contributed by atoms with Crippen molar-refractivity contribution in [3.05, 3.63) is 71.2 Å². The predicted molar refractivity (Wildman–Crippen MR) is 92.5 cm³/mol. The second-order valence-electron chi connectivity index (χ2n) is 4.79. The third kappa shape index (κ3) is 1.88. The Balaban J connectivity index is 2.10. The molecule has 4 aromatic rings. The first kappa shape index (κ1) is 12.1. The van der Waals surface area contributed by atoms with Gasteiger partial charge in [0.25, 0.3) is 0 Å². The summed E-state index contributed by atoms with van der Waals surface area (Å²) in [6, 6.07) is 23.7. The highest BCUT2D eigenvalue weighted by Crippen LogP contribution is 2.39.